The first-order chi connectivity index (χ1) is 8.66. The van der Waals surface area contributed by atoms with Crippen LogP contribution < -0.4 is 0 Å². The second-order valence-corrected chi connectivity index (χ2v) is 5.69. The summed E-state index contributed by atoms with van der Waals surface area (Å²) in [7, 11) is 0. The molecule has 1 fully saturated rings. The van der Waals surface area contributed by atoms with Gasteiger partial charge in [0.05, 0.1) is 19.0 Å². The molecule has 1 saturated heterocycles. The van der Waals surface area contributed by atoms with Gasteiger partial charge in [0.15, 0.2) is 0 Å². The molecule has 5 nitrogen and oxygen atoms in total. The van der Waals surface area contributed by atoms with Gasteiger partial charge < -0.3 is 14.7 Å². The highest BCUT2D eigenvalue weighted by Crippen LogP contribution is 2.25. The van der Waals surface area contributed by atoms with Crippen molar-refractivity contribution in [3.05, 3.63) is 16.3 Å². The smallest absolute Gasteiger partial charge is 0.345 e. The number of carbonyl (C=O) groups excluding carboxylic acids is 1. The molecule has 1 aromatic rings. The summed E-state index contributed by atoms with van der Waals surface area (Å²) in [5, 5.41) is 10.6. The highest BCUT2D eigenvalue weighted by atomic mass is 32.2. The van der Waals surface area contributed by atoms with Gasteiger partial charge in [-0.2, -0.15) is 0 Å². The normalized spacial score (nSPS) is 15.7. The molecule has 1 amide bonds. The van der Waals surface area contributed by atoms with E-state index in [0.717, 1.165) is 4.90 Å². The summed E-state index contributed by atoms with van der Waals surface area (Å²) in [6, 6.07) is 1.60. The third kappa shape index (κ3) is 3.47. The van der Waals surface area contributed by atoms with E-state index in [1.807, 2.05) is 0 Å². The number of thiophene rings is 1. The third-order valence-electron chi connectivity index (χ3n) is 2.51. The largest absolute Gasteiger partial charge is 0.477 e. The van der Waals surface area contributed by atoms with Gasteiger partial charge in [0.2, 0.25) is 5.91 Å². The second kappa shape index (κ2) is 6.21. The lowest BCUT2D eigenvalue weighted by Gasteiger charge is -2.26. The maximum Gasteiger partial charge on any atom is 0.345 e. The molecule has 1 aromatic heterocycles. The van der Waals surface area contributed by atoms with Gasteiger partial charge in [-0.25, -0.2) is 4.79 Å². The molecule has 1 aliphatic rings. The summed E-state index contributed by atoms with van der Waals surface area (Å²) < 4.78 is 5.18. The van der Waals surface area contributed by atoms with E-state index < -0.39 is 5.97 Å². The van der Waals surface area contributed by atoms with Gasteiger partial charge in [-0.3, -0.25) is 4.79 Å². The first-order valence-corrected chi connectivity index (χ1v) is 7.33. The molecule has 2 heterocycles. The van der Waals surface area contributed by atoms with E-state index in [-0.39, 0.29) is 5.91 Å². The molecule has 7 heteroatoms. The molecule has 0 bridgehead atoms. The van der Waals surface area contributed by atoms with Crippen molar-refractivity contribution in [2.45, 2.75) is 4.90 Å². The Morgan fingerprint density at radius 3 is 2.78 bits per heavy atom. The van der Waals surface area contributed by atoms with E-state index >= 15 is 0 Å². The number of amides is 1. The fraction of sp³-hybridized carbons (Fsp3) is 0.455. The number of carboxylic acids is 1. The SMILES string of the molecule is O=C(O)c1cc(SCC(=O)N2CCOCC2)cs1. The van der Waals surface area contributed by atoms with Gasteiger partial charge in [-0.05, 0) is 6.07 Å². The number of nitrogens with zero attached hydrogens (tertiary/aromatic N) is 1. The lowest BCUT2D eigenvalue weighted by atomic mass is 10.4. The van der Waals surface area contributed by atoms with Crippen LogP contribution in [0.3, 0.4) is 0 Å². The molecular weight excluding hydrogens is 274 g/mol. The van der Waals surface area contributed by atoms with Crippen molar-refractivity contribution in [3.8, 4) is 0 Å². The number of morpholine rings is 1. The van der Waals surface area contributed by atoms with Crippen molar-refractivity contribution in [1.82, 2.24) is 4.90 Å². The molecule has 1 aliphatic heterocycles. The molecule has 0 aromatic carbocycles. The number of ether oxygens (including phenoxy) is 1. The number of aromatic carboxylic acids is 1. The highest BCUT2D eigenvalue weighted by Gasteiger charge is 2.17. The predicted molar refractivity (Wildman–Crippen MR) is 69.4 cm³/mol. The summed E-state index contributed by atoms with van der Waals surface area (Å²) in [6.07, 6.45) is 0. The highest BCUT2D eigenvalue weighted by molar-refractivity contribution is 8.00. The van der Waals surface area contributed by atoms with Crippen molar-refractivity contribution in [2.75, 3.05) is 32.1 Å². The van der Waals surface area contributed by atoms with Crippen LogP contribution in [0.2, 0.25) is 0 Å². The van der Waals surface area contributed by atoms with Gasteiger partial charge in [-0.15, -0.1) is 23.1 Å². The van der Waals surface area contributed by atoms with Crippen LogP contribution in [-0.4, -0.2) is 53.9 Å². The summed E-state index contributed by atoms with van der Waals surface area (Å²) in [4.78, 5) is 25.5. The number of thioether (sulfide) groups is 1. The zero-order valence-corrected chi connectivity index (χ0v) is 11.3. The van der Waals surface area contributed by atoms with Crippen LogP contribution in [0.15, 0.2) is 16.3 Å². The summed E-state index contributed by atoms with van der Waals surface area (Å²) in [6.45, 7) is 2.48. The van der Waals surface area contributed by atoms with Gasteiger partial charge in [0, 0.05) is 23.4 Å². The minimum Gasteiger partial charge on any atom is -0.477 e. The average molecular weight is 287 g/mol. The van der Waals surface area contributed by atoms with E-state index in [1.165, 1.54) is 23.1 Å². The Bertz CT molecular complexity index is 440. The maximum absolute atomic E-state index is 11.8. The van der Waals surface area contributed by atoms with Crippen LogP contribution in [0.25, 0.3) is 0 Å². The van der Waals surface area contributed by atoms with Gasteiger partial charge in [-0.1, -0.05) is 0 Å². The summed E-state index contributed by atoms with van der Waals surface area (Å²) in [5.74, 6) is -0.506. The Hall–Kier alpha value is -1.05. The first-order valence-electron chi connectivity index (χ1n) is 5.47. The number of carboxylic acid groups (broad SMARTS) is 1. The minimum absolute atomic E-state index is 0.0753. The fourth-order valence-electron chi connectivity index (χ4n) is 1.56. The lowest BCUT2D eigenvalue weighted by Crippen LogP contribution is -2.41. The first kappa shape index (κ1) is 13.4. The van der Waals surface area contributed by atoms with Crippen LogP contribution in [0.1, 0.15) is 9.67 Å². The Balaban J connectivity index is 1.82. The predicted octanol–water partition coefficient (Wildman–Crippen LogP) is 1.40. The number of rotatable bonds is 4. The van der Waals surface area contributed by atoms with E-state index in [4.69, 9.17) is 9.84 Å². The van der Waals surface area contributed by atoms with Crippen LogP contribution in [0.5, 0.6) is 0 Å². The molecular formula is C11H13NO4S2. The van der Waals surface area contributed by atoms with E-state index in [0.29, 0.717) is 36.9 Å². The zero-order valence-electron chi connectivity index (χ0n) is 9.63. The maximum atomic E-state index is 11.8. The molecule has 0 saturated carbocycles. The molecule has 0 radical (unpaired) electrons. The van der Waals surface area contributed by atoms with E-state index in [1.54, 1.807) is 16.3 Å². The number of carbonyl (C=O) groups is 2. The Morgan fingerprint density at radius 2 is 2.17 bits per heavy atom. The molecule has 18 heavy (non-hydrogen) atoms. The monoisotopic (exact) mass is 287 g/mol. The van der Waals surface area contributed by atoms with E-state index in [9.17, 15) is 9.59 Å². The molecule has 0 unspecified atom stereocenters. The molecule has 98 valence electrons. The van der Waals surface area contributed by atoms with Crippen molar-refractivity contribution in [3.63, 3.8) is 0 Å². The average Bonchev–Trinajstić information content (AvgIpc) is 2.86. The second-order valence-electron chi connectivity index (χ2n) is 3.73. The van der Waals surface area contributed by atoms with E-state index in [2.05, 4.69) is 0 Å². The topological polar surface area (TPSA) is 66.8 Å². The molecule has 1 N–H and O–H groups in total. The Labute approximate surface area is 113 Å². The molecule has 0 aliphatic carbocycles. The van der Waals surface area contributed by atoms with Crippen molar-refractivity contribution >= 4 is 35.0 Å². The lowest BCUT2D eigenvalue weighted by molar-refractivity contribution is -0.132. The van der Waals surface area contributed by atoms with Crippen LogP contribution in [0, 0.1) is 0 Å². The number of hydrogen-bond donors (Lipinski definition) is 1. The molecule has 0 spiro atoms. The van der Waals surface area contributed by atoms with Gasteiger partial charge in [0.1, 0.15) is 4.88 Å². The standard InChI is InChI=1S/C11H13NO4S2/c13-10(12-1-3-16-4-2-12)7-17-8-5-9(11(14)15)18-6-8/h5-6H,1-4,7H2,(H,14,15). The van der Waals surface area contributed by atoms with Crippen molar-refractivity contribution < 1.29 is 19.4 Å². The minimum atomic E-state index is -0.925. The van der Waals surface area contributed by atoms with Crippen molar-refractivity contribution in [2.24, 2.45) is 0 Å². The van der Waals surface area contributed by atoms with Crippen molar-refractivity contribution in [1.29, 1.82) is 0 Å². The quantitative estimate of drug-likeness (QED) is 0.848. The zero-order chi connectivity index (χ0) is 13.0. The molecule has 0 atom stereocenters. The summed E-state index contributed by atoms with van der Waals surface area (Å²) in [5.41, 5.74) is 0. The fourth-order valence-corrected chi connectivity index (χ4v) is 3.33. The Kier molecular flexibility index (Phi) is 4.62. The van der Waals surface area contributed by atoms with Crippen LogP contribution in [-0.2, 0) is 9.53 Å². The van der Waals surface area contributed by atoms with Crippen LogP contribution in [0.4, 0.5) is 0 Å². The Morgan fingerprint density at radius 1 is 1.44 bits per heavy atom. The van der Waals surface area contributed by atoms with Gasteiger partial charge >= 0.3 is 5.97 Å². The third-order valence-corrected chi connectivity index (χ3v) is 4.54. The number of hydrogen-bond acceptors (Lipinski definition) is 5. The van der Waals surface area contributed by atoms with Gasteiger partial charge in [0.25, 0.3) is 0 Å². The van der Waals surface area contributed by atoms with Crippen LogP contribution >= 0.6 is 23.1 Å². The molecule has 2 rings (SSSR count). The summed E-state index contributed by atoms with van der Waals surface area (Å²) >= 11 is 2.56.